The van der Waals surface area contributed by atoms with E-state index < -0.39 is 5.97 Å². The molecular formula is C14H12ClNO4. The molecule has 20 heavy (non-hydrogen) atoms. The van der Waals surface area contributed by atoms with Crippen molar-refractivity contribution in [1.29, 1.82) is 0 Å². The molecule has 2 rings (SSSR count). The van der Waals surface area contributed by atoms with E-state index in [0.717, 1.165) is 0 Å². The Morgan fingerprint density at radius 3 is 2.65 bits per heavy atom. The SMILES string of the molecule is CCC(=O)Nc1cc(Cl)ccc1-c1ccc(C(=O)O)o1. The molecule has 1 aromatic carbocycles. The molecule has 2 N–H and O–H groups in total. The number of aromatic carboxylic acids is 1. The second kappa shape index (κ2) is 5.79. The highest BCUT2D eigenvalue weighted by molar-refractivity contribution is 6.31. The van der Waals surface area contributed by atoms with E-state index in [1.54, 1.807) is 25.1 Å². The molecule has 1 heterocycles. The van der Waals surface area contributed by atoms with Crippen LogP contribution in [0.1, 0.15) is 23.9 Å². The van der Waals surface area contributed by atoms with Crippen LogP contribution in [0, 0.1) is 0 Å². The van der Waals surface area contributed by atoms with Crippen LogP contribution in [0.5, 0.6) is 0 Å². The minimum absolute atomic E-state index is 0.164. The molecule has 0 aliphatic heterocycles. The Kier molecular flexibility index (Phi) is 4.10. The van der Waals surface area contributed by atoms with Gasteiger partial charge in [0.05, 0.1) is 5.69 Å². The molecule has 0 atom stereocenters. The summed E-state index contributed by atoms with van der Waals surface area (Å²) < 4.78 is 5.23. The Morgan fingerprint density at radius 2 is 2.05 bits per heavy atom. The first-order valence-electron chi connectivity index (χ1n) is 5.94. The van der Waals surface area contributed by atoms with Gasteiger partial charge in [-0.1, -0.05) is 18.5 Å². The Bertz CT molecular complexity index is 663. The number of carboxylic acids is 1. The van der Waals surface area contributed by atoms with Gasteiger partial charge in [-0.25, -0.2) is 4.79 Å². The first-order chi connectivity index (χ1) is 9.51. The van der Waals surface area contributed by atoms with Crippen molar-refractivity contribution >= 4 is 29.2 Å². The van der Waals surface area contributed by atoms with Gasteiger partial charge in [0.2, 0.25) is 11.7 Å². The molecule has 0 radical (unpaired) electrons. The first kappa shape index (κ1) is 14.1. The van der Waals surface area contributed by atoms with E-state index in [1.807, 2.05) is 0 Å². The summed E-state index contributed by atoms with van der Waals surface area (Å²) in [5.74, 6) is -1.13. The molecular weight excluding hydrogens is 282 g/mol. The number of carboxylic acid groups (broad SMARTS) is 1. The van der Waals surface area contributed by atoms with E-state index in [1.165, 1.54) is 12.1 Å². The summed E-state index contributed by atoms with van der Waals surface area (Å²) in [4.78, 5) is 22.3. The third kappa shape index (κ3) is 3.00. The van der Waals surface area contributed by atoms with Gasteiger partial charge in [0.15, 0.2) is 0 Å². The Balaban J connectivity index is 2.43. The molecule has 0 saturated carbocycles. The fourth-order valence-corrected chi connectivity index (χ4v) is 1.84. The molecule has 0 saturated heterocycles. The van der Waals surface area contributed by atoms with Crippen molar-refractivity contribution in [2.75, 3.05) is 5.32 Å². The zero-order chi connectivity index (χ0) is 14.7. The van der Waals surface area contributed by atoms with E-state index >= 15 is 0 Å². The highest BCUT2D eigenvalue weighted by atomic mass is 35.5. The molecule has 0 aliphatic rings. The Morgan fingerprint density at radius 1 is 1.30 bits per heavy atom. The lowest BCUT2D eigenvalue weighted by molar-refractivity contribution is -0.115. The molecule has 0 spiro atoms. The Hall–Kier alpha value is -2.27. The summed E-state index contributed by atoms with van der Waals surface area (Å²) in [5, 5.41) is 12.0. The zero-order valence-electron chi connectivity index (χ0n) is 10.6. The Labute approximate surface area is 120 Å². The van der Waals surface area contributed by atoms with Gasteiger partial charge in [-0.2, -0.15) is 0 Å². The number of hydrogen-bond donors (Lipinski definition) is 2. The van der Waals surface area contributed by atoms with E-state index in [4.69, 9.17) is 21.1 Å². The highest BCUT2D eigenvalue weighted by Gasteiger charge is 2.14. The highest BCUT2D eigenvalue weighted by Crippen LogP contribution is 2.32. The number of nitrogens with one attached hydrogen (secondary N) is 1. The quantitative estimate of drug-likeness (QED) is 0.902. The smallest absolute Gasteiger partial charge is 0.371 e. The monoisotopic (exact) mass is 293 g/mol. The molecule has 1 aromatic heterocycles. The van der Waals surface area contributed by atoms with E-state index in [2.05, 4.69) is 5.32 Å². The van der Waals surface area contributed by atoms with Gasteiger partial charge in [-0.3, -0.25) is 4.79 Å². The lowest BCUT2D eigenvalue weighted by atomic mass is 10.1. The summed E-state index contributed by atoms with van der Waals surface area (Å²) in [7, 11) is 0. The average molecular weight is 294 g/mol. The number of rotatable bonds is 4. The number of halogens is 1. The summed E-state index contributed by atoms with van der Waals surface area (Å²) in [6.07, 6.45) is 0.324. The third-order valence-corrected chi connectivity index (χ3v) is 2.89. The van der Waals surface area contributed by atoms with Crippen molar-refractivity contribution in [2.24, 2.45) is 0 Å². The molecule has 5 nitrogen and oxygen atoms in total. The fraction of sp³-hybridized carbons (Fsp3) is 0.143. The van der Waals surface area contributed by atoms with E-state index in [-0.39, 0.29) is 11.7 Å². The van der Waals surface area contributed by atoms with Gasteiger partial charge >= 0.3 is 5.97 Å². The second-order valence-corrected chi connectivity index (χ2v) is 4.50. The molecule has 104 valence electrons. The van der Waals surface area contributed by atoms with E-state index in [0.29, 0.717) is 28.5 Å². The summed E-state index contributed by atoms with van der Waals surface area (Å²) in [5.41, 5.74) is 1.05. The number of amides is 1. The van der Waals surface area contributed by atoms with Gasteiger partial charge in [0.25, 0.3) is 0 Å². The summed E-state index contributed by atoms with van der Waals surface area (Å²) in [6, 6.07) is 7.79. The van der Waals surface area contributed by atoms with Crippen molar-refractivity contribution in [3.8, 4) is 11.3 Å². The minimum Gasteiger partial charge on any atom is -0.475 e. The fourth-order valence-electron chi connectivity index (χ4n) is 1.67. The van der Waals surface area contributed by atoms with Crippen LogP contribution in [0.3, 0.4) is 0 Å². The predicted octanol–water partition coefficient (Wildman–Crippen LogP) is 3.65. The van der Waals surface area contributed by atoms with Crippen LogP contribution in [0.4, 0.5) is 5.69 Å². The molecule has 0 unspecified atom stereocenters. The van der Waals surface area contributed by atoms with Gasteiger partial charge < -0.3 is 14.8 Å². The predicted molar refractivity (Wildman–Crippen MR) is 75.0 cm³/mol. The van der Waals surface area contributed by atoms with Crippen molar-refractivity contribution in [2.45, 2.75) is 13.3 Å². The summed E-state index contributed by atoms with van der Waals surface area (Å²) in [6.45, 7) is 1.73. The first-order valence-corrected chi connectivity index (χ1v) is 6.32. The zero-order valence-corrected chi connectivity index (χ0v) is 11.4. The van der Waals surface area contributed by atoms with Crippen molar-refractivity contribution in [3.63, 3.8) is 0 Å². The lowest BCUT2D eigenvalue weighted by Gasteiger charge is -2.09. The van der Waals surface area contributed by atoms with Gasteiger partial charge in [0, 0.05) is 17.0 Å². The van der Waals surface area contributed by atoms with Crippen LogP contribution in [-0.4, -0.2) is 17.0 Å². The number of furan rings is 1. The molecule has 0 aliphatic carbocycles. The number of carbonyl (C=O) groups excluding carboxylic acids is 1. The average Bonchev–Trinajstić information content (AvgIpc) is 2.88. The van der Waals surface area contributed by atoms with E-state index in [9.17, 15) is 9.59 Å². The van der Waals surface area contributed by atoms with Crippen LogP contribution in [-0.2, 0) is 4.79 Å². The standard InChI is InChI=1S/C14H12ClNO4/c1-2-13(17)16-10-7-8(15)3-4-9(10)11-5-6-12(20-11)14(18)19/h3-7H,2H2,1H3,(H,16,17)(H,18,19). The van der Waals surface area contributed by atoms with Crippen LogP contribution < -0.4 is 5.32 Å². The maximum Gasteiger partial charge on any atom is 0.371 e. The number of carbonyl (C=O) groups is 2. The lowest BCUT2D eigenvalue weighted by Crippen LogP contribution is -2.10. The molecule has 2 aromatic rings. The minimum atomic E-state index is -1.15. The van der Waals surface area contributed by atoms with Gasteiger partial charge in [-0.15, -0.1) is 0 Å². The largest absolute Gasteiger partial charge is 0.475 e. The van der Waals surface area contributed by atoms with Gasteiger partial charge in [-0.05, 0) is 30.3 Å². The van der Waals surface area contributed by atoms with Crippen molar-refractivity contribution in [3.05, 3.63) is 41.1 Å². The number of hydrogen-bond acceptors (Lipinski definition) is 3. The molecule has 1 amide bonds. The molecule has 0 fully saturated rings. The number of benzene rings is 1. The normalized spacial score (nSPS) is 10.3. The van der Waals surface area contributed by atoms with Crippen molar-refractivity contribution < 1.29 is 19.1 Å². The van der Waals surface area contributed by atoms with Crippen LogP contribution in [0.2, 0.25) is 5.02 Å². The summed E-state index contributed by atoms with van der Waals surface area (Å²) >= 11 is 5.91. The number of anilines is 1. The van der Waals surface area contributed by atoms with Crippen LogP contribution in [0.15, 0.2) is 34.7 Å². The van der Waals surface area contributed by atoms with Crippen LogP contribution >= 0.6 is 11.6 Å². The molecule has 0 bridgehead atoms. The maximum atomic E-state index is 11.5. The van der Waals surface area contributed by atoms with Gasteiger partial charge in [0.1, 0.15) is 5.76 Å². The third-order valence-electron chi connectivity index (χ3n) is 2.66. The van der Waals surface area contributed by atoms with Crippen LogP contribution in [0.25, 0.3) is 11.3 Å². The topological polar surface area (TPSA) is 79.5 Å². The maximum absolute atomic E-state index is 11.5. The van der Waals surface area contributed by atoms with Crippen molar-refractivity contribution in [1.82, 2.24) is 0 Å². The molecule has 6 heteroatoms. The second-order valence-electron chi connectivity index (χ2n) is 4.06.